The Kier molecular flexibility index (Phi) is 8.91. The lowest BCUT2D eigenvalue weighted by Gasteiger charge is -2.14. The normalized spacial score (nSPS) is 15.4. The molecule has 1 heterocycles. The van der Waals surface area contributed by atoms with Crippen LogP contribution in [-0.2, 0) is 11.4 Å². The summed E-state index contributed by atoms with van der Waals surface area (Å²) in [6.45, 7) is 7.10. The fraction of sp³-hybridized carbons (Fsp3) is 0.207. The summed E-state index contributed by atoms with van der Waals surface area (Å²) in [6.07, 6.45) is 1.79. The van der Waals surface area contributed by atoms with Crippen molar-refractivity contribution in [3.63, 3.8) is 0 Å². The van der Waals surface area contributed by atoms with E-state index in [0.29, 0.717) is 47.0 Å². The molecular weight excluding hydrogens is 568 g/mol. The second-order valence-electron chi connectivity index (χ2n) is 8.44. The maximum Gasteiger partial charge on any atom is 0.335 e. The lowest BCUT2D eigenvalue weighted by atomic mass is 10.1. The number of thioether (sulfide) groups is 1. The Balaban J connectivity index is 1.61. The van der Waals surface area contributed by atoms with Crippen LogP contribution in [0.2, 0.25) is 0 Å². The van der Waals surface area contributed by atoms with Gasteiger partial charge in [0.2, 0.25) is 0 Å². The maximum absolute atomic E-state index is 13.2. The summed E-state index contributed by atoms with van der Waals surface area (Å²) in [6, 6.07) is 18.2. The molecule has 1 aliphatic rings. The molecule has 3 aromatic carbocycles. The van der Waals surface area contributed by atoms with Crippen molar-refractivity contribution >= 4 is 56.5 Å². The highest BCUT2D eigenvalue weighted by molar-refractivity contribution is 9.10. The van der Waals surface area contributed by atoms with Crippen molar-refractivity contribution in [2.45, 2.75) is 27.4 Å². The third-order valence-electron chi connectivity index (χ3n) is 5.69. The summed E-state index contributed by atoms with van der Waals surface area (Å²) in [4.78, 5) is 31.1. The molecule has 1 amide bonds. The molecule has 0 atom stereocenters. The largest absolute Gasteiger partial charge is 0.490 e. The lowest BCUT2D eigenvalue weighted by molar-refractivity contribution is -0.122. The fourth-order valence-electron chi connectivity index (χ4n) is 3.72. The minimum Gasteiger partial charge on any atom is -0.490 e. The first-order valence-electron chi connectivity index (χ1n) is 12.1. The molecule has 1 saturated heterocycles. The van der Waals surface area contributed by atoms with E-state index in [0.717, 1.165) is 15.6 Å². The molecule has 0 saturated carbocycles. The van der Waals surface area contributed by atoms with Crippen LogP contribution in [0, 0.1) is 6.92 Å². The number of carbonyl (C=O) groups excluding carboxylic acids is 1. The van der Waals surface area contributed by atoms with Gasteiger partial charge in [-0.1, -0.05) is 51.8 Å². The number of amidine groups is 1. The van der Waals surface area contributed by atoms with E-state index in [1.165, 1.54) is 29.5 Å². The van der Waals surface area contributed by atoms with Gasteiger partial charge in [-0.15, -0.1) is 0 Å². The monoisotopic (exact) mass is 594 g/mol. The second kappa shape index (κ2) is 12.3. The summed E-state index contributed by atoms with van der Waals surface area (Å²) in [5.41, 5.74) is 3.60. The number of amides is 1. The van der Waals surface area contributed by atoms with Gasteiger partial charge in [0.05, 0.1) is 22.8 Å². The van der Waals surface area contributed by atoms with E-state index in [9.17, 15) is 14.7 Å². The van der Waals surface area contributed by atoms with Gasteiger partial charge >= 0.3 is 5.97 Å². The van der Waals surface area contributed by atoms with Gasteiger partial charge in [-0.3, -0.25) is 9.69 Å². The number of hydrogen-bond donors (Lipinski definition) is 1. The van der Waals surface area contributed by atoms with Crippen LogP contribution in [0.3, 0.4) is 0 Å². The predicted octanol–water partition coefficient (Wildman–Crippen LogP) is 7.06. The van der Waals surface area contributed by atoms with Gasteiger partial charge < -0.3 is 14.6 Å². The average Bonchev–Trinajstić information content (AvgIpc) is 3.19. The molecule has 0 aliphatic carbocycles. The summed E-state index contributed by atoms with van der Waals surface area (Å²) < 4.78 is 12.7. The molecule has 7 nitrogen and oxygen atoms in total. The van der Waals surface area contributed by atoms with Gasteiger partial charge in [-0.05, 0) is 80.1 Å². The van der Waals surface area contributed by atoms with Crippen LogP contribution in [-0.4, -0.2) is 40.2 Å². The number of aryl methyl sites for hydroxylation is 1. The third kappa shape index (κ3) is 6.46. The summed E-state index contributed by atoms with van der Waals surface area (Å²) in [7, 11) is 0. The number of ether oxygens (including phenoxy) is 2. The highest BCUT2D eigenvalue weighted by Gasteiger charge is 2.32. The molecule has 38 heavy (non-hydrogen) atoms. The molecular formula is C29H27BrN2O5S. The molecule has 0 radical (unpaired) electrons. The number of nitrogens with zero attached hydrogens (tertiary/aromatic N) is 2. The first kappa shape index (κ1) is 27.5. The molecule has 1 N–H and O–H groups in total. The number of halogens is 1. The SMILES string of the molecule is CCOc1cc(/C=C2\SC(=Nc3cccc(C(=O)O)c3)N(CC)C2=O)c(Br)cc1OCc1ccc(C)cc1. The number of carboxylic acid groups (broad SMARTS) is 1. The number of rotatable bonds is 9. The van der Waals surface area contributed by atoms with E-state index in [-0.39, 0.29) is 11.5 Å². The number of carbonyl (C=O) groups is 2. The van der Waals surface area contributed by atoms with Gasteiger partial charge in [0.1, 0.15) is 6.61 Å². The molecule has 0 bridgehead atoms. The topological polar surface area (TPSA) is 88.4 Å². The van der Waals surface area contributed by atoms with E-state index >= 15 is 0 Å². The smallest absolute Gasteiger partial charge is 0.335 e. The van der Waals surface area contributed by atoms with Crippen molar-refractivity contribution in [1.82, 2.24) is 4.90 Å². The zero-order chi connectivity index (χ0) is 27.2. The number of carboxylic acids is 1. The van der Waals surface area contributed by atoms with E-state index in [4.69, 9.17) is 9.47 Å². The summed E-state index contributed by atoms with van der Waals surface area (Å²) in [5, 5.41) is 9.76. The van der Waals surface area contributed by atoms with Crippen LogP contribution >= 0.6 is 27.7 Å². The van der Waals surface area contributed by atoms with E-state index in [2.05, 4.69) is 20.9 Å². The Hall–Kier alpha value is -3.56. The van der Waals surface area contributed by atoms with Crippen molar-refractivity contribution in [3.8, 4) is 11.5 Å². The van der Waals surface area contributed by atoms with Gasteiger partial charge in [-0.2, -0.15) is 0 Å². The quantitative estimate of drug-likeness (QED) is 0.267. The number of benzene rings is 3. The zero-order valence-corrected chi connectivity index (χ0v) is 23.6. The van der Waals surface area contributed by atoms with E-state index in [1.807, 2.05) is 57.2 Å². The van der Waals surface area contributed by atoms with Crippen molar-refractivity contribution in [2.75, 3.05) is 13.2 Å². The van der Waals surface area contributed by atoms with Gasteiger partial charge in [-0.25, -0.2) is 9.79 Å². The molecule has 4 rings (SSSR count). The number of likely N-dealkylation sites (N-methyl/N-ethyl adjacent to an activating group) is 1. The number of hydrogen-bond acceptors (Lipinski definition) is 6. The minimum absolute atomic E-state index is 0.136. The van der Waals surface area contributed by atoms with Crippen molar-refractivity contribution in [2.24, 2.45) is 4.99 Å². The molecule has 3 aromatic rings. The summed E-state index contributed by atoms with van der Waals surface area (Å²) in [5.74, 6) is -0.0222. The zero-order valence-electron chi connectivity index (χ0n) is 21.2. The molecule has 196 valence electrons. The first-order valence-corrected chi connectivity index (χ1v) is 13.7. The van der Waals surface area contributed by atoms with Crippen LogP contribution in [0.4, 0.5) is 5.69 Å². The second-order valence-corrected chi connectivity index (χ2v) is 10.3. The first-order chi connectivity index (χ1) is 18.3. The third-order valence-corrected chi connectivity index (χ3v) is 7.38. The summed E-state index contributed by atoms with van der Waals surface area (Å²) >= 11 is 4.86. The predicted molar refractivity (Wildman–Crippen MR) is 154 cm³/mol. The Labute approximate surface area is 234 Å². The van der Waals surface area contributed by atoms with E-state index < -0.39 is 5.97 Å². The molecule has 0 unspecified atom stereocenters. The van der Waals surface area contributed by atoms with Gasteiger partial charge in [0, 0.05) is 11.0 Å². The lowest BCUT2D eigenvalue weighted by Crippen LogP contribution is -2.28. The maximum atomic E-state index is 13.2. The molecule has 0 aromatic heterocycles. The highest BCUT2D eigenvalue weighted by atomic mass is 79.9. The molecule has 0 spiro atoms. The Morgan fingerprint density at radius 2 is 1.82 bits per heavy atom. The van der Waals surface area contributed by atoms with Gasteiger partial charge in [0.15, 0.2) is 16.7 Å². The van der Waals surface area contributed by atoms with Crippen LogP contribution in [0.15, 0.2) is 75.0 Å². The highest BCUT2D eigenvalue weighted by Crippen LogP contribution is 2.39. The number of aliphatic imine (C=N–C) groups is 1. The van der Waals surface area contributed by atoms with Crippen LogP contribution in [0.25, 0.3) is 6.08 Å². The molecule has 1 fully saturated rings. The fourth-order valence-corrected chi connectivity index (χ4v) is 5.21. The van der Waals surface area contributed by atoms with Crippen molar-refractivity contribution < 1.29 is 24.2 Å². The van der Waals surface area contributed by atoms with Crippen LogP contribution < -0.4 is 9.47 Å². The standard InChI is InChI=1S/C29H27BrN2O5S/c1-4-32-27(33)26(38-29(32)31-22-8-6-7-20(13-22)28(34)35)15-21-14-24(36-5-2)25(16-23(21)30)37-17-19-11-9-18(3)10-12-19/h6-16H,4-5,17H2,1-3H3,(H,34,35)/b26-15-,31-29?. The molecule has 1 aliphatic heterocycles. The Morgan fingerprint density at radius 1 is 1.08 bits per heavy atom. The van der Waals surface area contributed by atoms with Crippen molar-refractivity contribution in [3.05, 3.63) is 92.3 Å². The minimum atomic E-state index is -1.03. The Bertz CT molecular complexity index is 1420. The molecule has 9 heteroatoms. The number of aromatic carboxylic acids is 1. The van der Waals surface area contributed by atoms with Crippen molar-refractivity contribution in [1.29, 1.82) is 0 Å². The van der Waals surface area contributed by atoms with E-state index in [1.54, 1.807) is 23.1 Å². The van der Waals surface area contributed by atoms with Crippen LogP contribution in [0.1, 0.15) is 40.9 Å². The van der Waals surface area contributed by atoms with Crippen LogP contribution in [0.5, 0.6) is 11.5 Å². The van der Waals surface area contributed by atoms with Gasteiger partial charge in [0.25, 0.3) is 5.91 Å². The Morgan fingerprint density at radius 3 is 2.50 bits per heavy atom. The average molecular weight is 596 g/mol.